The van der Waals surface area contributed by atoms with E-state index in [0.717, 1.165) is 11.1 Å². The van der Waals surface area contributed by atoms with E-state index in [9.17, 15) is 13.2 Å². The molecule has 0 saturated carbocycles. The highest BCUT2D eigenvalue weighted by atomic mass is 32.2. The van der Waals surface area contributed by atoms with Crippen LogP contribution in [0.5, 0.6) is 0 Å². The van der Waals surface area contributed by atoms with E-state index in [2.05, 4.69) is 26.1 Å². The number of benzene rings is 1. The lowest BCUT2D eigenvalue weighted by atomic mass is 9.80. The zero-order chi connectivity index (χ0) is 17.0. The second-order valence-corrected chi connectivity index (χ2v) is 9.22. The number of sulfone groups is 1. The Kier molecular flexibility index (Phi) is 6.17. The Hall–Kier alpha value is -1.36. The first-order chi connectivity index (χ1) is 10.0. The van der Waals surface area contributed by atoms with Crippen LogP contribution in [0.4, 0.5) is 0 Å². The molecule has 1 aromatic carbocycles. The maximum absolute atomic E-state index is 12.2. The lowest BCUT2D eigenvalue weighted by Crippen LogP contribution is -2.37. The zero-order valence-corrected chi connectivity index (χ0v) is 15.0. The standard InChI is InChI=1S/C17H27NO3S/c1-13-9-6-7-10-14(13)16(17(2,3)4)18-15(19)11-8-12-22(5,20)21/h6-7,9-10,16H,8,11-12H2,1-5H3,(H,18,19)/t16-/m1/s1. The monoisotopic (exact) mass is 325 g/mol. The number of nitrogens with one attached hydrogen (secondary N) is 1. The van der Waals surface area contributed by atoms with Crippen molar-refractivity contribution in [3.05, 3.63) is 35.4 Å². The lowest BCUT2D eigenvalue weighted by Gasteiger charge is -2.33. The number of amides is 1. The van der Waals surface area contributed by atoms with Crippen molar-refractivity contribution in [3.63, 3.8) is 0 Å². The number of carbonyl (C=O) groups excluding carboxylic acids is 1. The molecule has 1 atom stereocenters. The van der Waals surface area contributed by atoms with Gasteiger partial charge in [0.1, 0.15) is 9.84 Å². The average Bonchev–Trinajstić information content (AvgIpc) is 2.34. The van der Waals surface area contributed by atoms with Gasteiger partial charge in [-0.05, 0) is 29.9 Å². The van der Waals surface area contributed by atoms with Crippen molar-refractivity contribution in [1.82, 2.24) is 5.32 Å². The lowest BCUT2D eigenvalue weighted by molar-refractivity contribution is -0.122. The van der Waals surface area contributed by atoms with Gasteiger partial charge in [-0.3, -0.25) is 4.79 Å². The molecule has 0 heterocycles. The minimum absolute atomic E-state index is 0.0466. The highest BCUT2D eigenvalue weighted by molar-refractivity contribution is 7.90. The Bertz CT molecular complexity index is 615. The summed E-state index contributed by atoms with van der Waals surface area (Å²) in [7, 11) is -3.02. The van der Waals surface area contributed by atoms with E-state index in [1.165, 1.54) is 6.26 Å². The summed E-state index contributed by atoms with van der Waals surface area (Å²) in [6, 6.07) is 7.91. The van der Waals surface area contributed by atoms with Crippen LogP contribution in [0.15, 0.2) is 24.3 Å². The number of aryl methyl sites for hydroxylation is 1. The van der Waals surface area contributed by atoms with E-state index in [1.54, 1.807) is 0 Å². The van der Waals surface area contributed by atoms with Crippen molar-refractivity contribution < 1.29 is 13.2 Å². The molecular formula is C17H27NO3S. The van der Waals surface area contributed by atoms with E-state index in [4.69, 9.17) is 0 Å². The second-order valence-electron chi connectivity index (χ2n) is 6.96. The first-order valence-electron chi connectivity index (χ1n) is 7.53. The molecule has 0 aromatic heterocycles. The molecule has 124 valence electrons. The van der Waals surface area contributed by atoms with Crippen LogP contribution in [-0.2, 0) is 14.6 Å². The van der Waals surface area contributed by atoms with Gasteiger partial charge in [-0.1, -0.05) is 45.0 Å². The first-order valence-corrected chi connectivity index (χ1v) is 9.59. The molecule has 0 spiro atoms. The van der Waals surface area contributed by atoms with Crippen LogP contribution >= 0.6 is 0 Å². The minimum Gasteiger partial charge on any atom is -0.349 e. The fourth-order valence-electron chi connectivity index (χ4n) is 2.40. The Labute approximate surface area is 134 Å². The van der Waals surface area contributed by atoms with Crippen LogP contribution in [0, 0.1) is 12.3 Å². The highest BCUT2D eigenvalue weighted by Crippen LogP contribution is 2.34. The summed E-state index contributed by atoms with van der Waals surface area (Å²) in [5.74, 6) is -0.0582. The summed E-state index contributed by atoms with van der Waals surface area (Å²) in [6.07, 6.45) is 1.77. The van der Waals surface area contributed by atoms with E-state index in [0.29, 0.717) is 6.42 Å². The third kappa shape index (κ3) is 6.18. The maximum atomic E-state index is 12.2. The van der Waals surface area contributed by atoms with Crippen LogP contribution in [0.1, 0.15) is 50.8 Å². The molecule has 1 rings (SSSR count). The predicted molar refractivity (Wildman–Crippen MR) is 90.5 cm³/mol. The molecule has 0 bridgehead atoms. The van der Waals surface area contributed by atoms with Crippen molar-refractivity contribution in [1.29, 1.82) is 0 Å². The Morgan fingerprint density at radius 1 is 1.23 bits per heavy atom. The van der Waals surface area contributed by atoms with Crippen molar-refractivity contribution >= 4 is 15.7 Å². The summed E-state index contributed by atoms with van der Waals surface area (Å²) in [5.41, 5.74) is 2.11. The summed E-state index contributed by atoms with van der Waals surface area (Å²) in [5, 5.41) is 3.07. The Balaban J connectivity index is 2.80. The summed E-state index contributed by atoms with van der Waals surface area (Å²) in [4.78, 5) is 12.2. The largest absolute Gasteiger partial charge is 0.349 e. The molecule has 0 unspecified atom stereocenters. The van der Waals surface area contributed by atoms with Gasteiger partial charge in [0.05, 0.1) is 11.8 Å². The van der Waals surface area contributed by atoms with Gasteiger partial charge in [0.2, 0.25) is 5.91 Å². The quantitative estimate of drug-likeness (QED) is 0.874. The third-order valence-corrected chi connectivity index (χ3v) is 4.62. The molecule has 0 radical (unpaired) electrons. The van der Waals surface area contributed by atoms with Crippen LogP contribution in [0.25, 0.3) is 0 Å². The van der Waals surface area contributed by atoms with Gasteiger partial charge >= 0.3 is 0 Å². The zero-order valence-electron chi connectivity index (χ0n) is 14.1. The predicted octanol–water partition coefficient (Wildman–Crippen LogP) is 3.02. The first kappa shape index (κ1) is 18.7. The number of rotatable bonds is 6. The number of carbonyl (C=O) groups is 1. The van der Waals surface area contributed by atoms with Gasteiger partial charge in [0.25, 0.3) is 0 Å². The van der Waals surface area contributed by atoms with Crippen LogP contribution in [-0.4, -0.2) is 26.3 Å². The molecule has 1 N–H and O–H groups in total. The van der Waals surface area contributed by atoms with Gasteiger partial charge in [-0.25, -0.2) is 8.42 Å². The highest BCUT2D eigenvalue weighted by Gasteiger charge is 2.28. The molecule has 0 fully saturated rings. The second kappa shape index (κ2) is 7.27. The minimum atomic E-state index is -3.02. The molecule has 22 heavy (non-hydrogen) atoms. The van der Waals surface area contributed by atoms with Gasteiger partial charge in [-0.15, -0.1) is 0 Å². The molecule has 0 aliphatic rings. The molecule has 1 amide bonds. The smallest absolute Gasteiger partial charge is 0.220 e. The van der Waals surface area contributed by atoms with Crippen LogP contribution in [0.3, 0.4) is 0 Å². The van der Waals surface area contributed by atoms with Crippen molar-refractivity contribution in [2.24, 2.45) is 5.41 Å². The van der Waals surface area contributed by atoms with E-state index < -0.39 is 9.84 Å². The maximum Gasteiger partial charge on any atom is 0.220 e. The molecule has 0 saturated heterocycles. The van der Waals surface area contributed by atoms with E-state index in [-0.39, 0.29) is 29.5 Å². The number of hydrogen-bond donors (Lipinski definition) is 1. The van der Waals surface area contributed by atoms with Gasteiger partial charge in [-0.2, -0.15) is 0 Å². The average molecular weight is 325 g/mol. The molecule has 5 heteroatoms. The van der Waals surface area contributed by atoms with Gasteiger partial charge in [0, 0.05) is 12.7 Å². The van der Waals surface area contributed by atoms with Crippen LogP contribution in [0.2, 0.25) is 0 Å². The molecule has 0 aliphatic heterocycles. The molecule has 0 aliphatic carbocycles. The van der Waals surface area contributed by atoms with Crippen molar-refractivity contribution in [3.8, 4) is 0 Å². The molecular weight excluding hydrogens is 298 g/mol. The number of hydrogen-bond acceptors (Lipinski definition) is 3. The van der Waals surface area contributed by atoms with Crippen molar-refractivity contribution in [2.45, 2.75) is 46.6 Å². The topological polar surface area (TPSA) is 63.2 Å². The SMILES string of the molecule is Cc1ccccc1[C@@H](NC(=O)CCCS(C)(=O)=O)C(C)(C)C. The fraction of sp³-hybridized carbons (Fsp3) is 0.588. The molecule has 1 aromatic rings. The van der Waals surface area contributed by atoms with Gasteiger partial charge < -0.3 is 5.32 Å². The summed E-state index contributed by atoms with van der Waals surface area (Å²) < 4.78 is 22.3. The third-order valence-electron chi connectivity index (χ3n) is 3.59. The van der Waals surface area contributed by atoms with Crippen LogP contribution < -0.4 is 5.32 Å². The fourth-order valence-corrected chi connectivity index (χ4v) is 3.07. The van der Waals surface area contributed by atoms with E-state index in [1.807, 2.05) is 31.2 Å². The van der Waals surface area contributed by atoms with Gasteiger partial charge in [0.15, 0.2) is 0 Å². The Morgan fingerprint density at radius 3 is 2.32 bits per heavy atom. The summed E-state index contributed by atoms with van der Waals surface area (Å²) >= 11 is 0. The summed E-state index contributed by atoms with van der Waals surface area (Å²) in [6.45, 7) is 8.28. The van der Waals surface area contributed by atoms with E-state index >= 15 is 0 Å². The van der Waals surface area contributed by atoms with Crippen molar-refractivity contribution in [2.75, 3.05) is 12.0 Å². The Morgan fingerprint density at radius 2 is 1.82 bits per heavy atom. The molecule has 4 nitrogen and oxygen atoms in total. The normalized spacial score (nSPS) is 13.7.